The van der Waals surface area contributed by atoms with Crippen molar-refractivity contribution in [2.24, 2.45) is 5.92 Å². The van der Waals surface area contributed by atoms with E-state index in [0.29, 0.717) is 12.1 Å². The summed E-state index contributed by atoms with van der Waals surface area (Å²) in [4.78, 5) is 36.8. The highest BCUT2D eigenvalue weighted by molar-refractivity contribution is 5.85. The van der Waals surface area contributed by atoms with Crippen LogP contribution in [0.2, 0.25) is 0 Å². The zero-order valence-electron chi connectivity index (χ0n) is 14.6. The van der Waals surface area contributed by atoms with E-state index in [-0.39, 0.29) is 23.7 Å². The number of piperidine rings is 1. The Balaban J connectivity index is 1.67. The molecule has 0 spiro atoms. The van der Waals surface area contributed by atoms with Crippen molar-refractivity contribution in [2.45, 2.75) is 37.5 Å². The zero-order chi connectivity index (χ0) is 18.8. The van der Waals surface area contributed by atoms with Crippen LogP contribution in [0.25, 0.3) is 0 Å². The number of nitro groups is 1. The number of nitro benzene ring substituents is 1. The number of rotatable bonds is 4. The first-order valence-corrected chi connectivity index (χ1v) is 8.42. The predicted molar refractivity (Wildman–Crippen MR) is 91.7 cm³/mol. The van der Waals surface area contributed by atoms with Gasteiger partial charge in [0.25, 0.3) is 5.69 Å². The van der Waals surface area contributed by atoms with Crippen LogP contribution in [0.5, 0.6) is 0 Å². The van der Waals surface area contributed by atoms with Crippen LogP contribution in [-0.2, 0) is 14.3 Å². The first kappa shape index (κ1) is 18.1. The topological polar surface area (TPSA) is 111 Å². The number of amides is 1. The number of carbonyl (C=O) groups excluding carboxylic acids is 2. The number of nitrogens with one attached hydrogen (secondary N) is 1. The molecule has 2 saturated heterocycles. The van der Waals surface area contributed by atoms with Crippen molar-refractivity contribution in [3.63, 3.8) is 0 Å². The predicted octanol–water partition coefficient (Wildman–Crippen LogP) is 2.17. The third-order valence-electron chi connectivity index (χ3n) is 5.27. The van der Waals surface area contributed by atoms with Crippen molar-refractivity contribution in [1.82, 2.24) is 4.90 Å². The number of hydrogen-bond acceptors (Lipinski definition) is 7. The molecule has 1 aromatic carbocycles. The normalized spacial score (nSPS) is 27.6. The fraction of sp³-hybridized carbons (Fsp3) is 0.529. The van der Waals surface area contributed by atoms with Gasteiger partial charge in [-0.3, -0.25) is 25.1 Å². The van der Waals surface area contributed by atoms with Gasteiger partial charge < -0.3 is 9.47 Å². The van der Waals surface area contributed by atoms with Crippen LogP contribution >= 0.6 is 0 Å². The maximum Gasteiger partial charge on any atom is 0.411 e. The van der Waals surface area contributed by atoms with E-state index in [0.717, 1.165) is 12.8 Å². The van der Waals surface area contributed by atoms with E-state index < -0.39 is 23.0 Å². The lowest BCUT2D eigenvalue weighted by atomic mass is 9.87. The van der Waals surface area contributed by atoms with Crippen LogP contribution < -0.4 is 5.32 Å². The number of hydrogen-bond donors (Lipinski definition) is 1. The highest BCUT2D eigenvalue weighted by Gasteiger charge is 2.50. The largest absolute Gasteiger partial charge is 0.469 e. The quantitative estimate of drug-likeness (QED) is 0.496. The van der Waals surface area contributed by atoms with Crippen molar-refractivity contribution in [3.05, 3.63) is 34.4 Å². The summed E-state index contributed by atoms with van der Waals surface area (Å²) in [7, 11) is 3.31. The molecule has 1 amide bonds. The lowest BCUT2D eigenvalue weighted by molar-refractivity contribution is -0.384. The number of benzene rings is 1. The monoisotopic (exact) mass is 363 g/mol. The molecule has 2 bridgehead atoms. The number of carbonyl (C=O) groups is 2. The molecule has 0 aromatic heterocycles. The Hall–Kier alpha value is -2.68. The van der Waals surface area contributed by atoms with Crippen LogP contribution in [0, 0.1) is 16.0 Å². The molecule has 26 heavy (non-hydrogen) atoms. The third-order valence-corrected chi connectivity index (χ3v) is 5.27. The van der Waals surface area contributed by atoms with E-state index in [2.05, 4.69) is 10.2 Å². The van der Waals surface area contributed by atoms with Gasteiger partial charge in [0.2, 0.25) is 0 Å². The Morgan fingerprint density at radius 2 is 1.96 bits per heavy atom. The average molecular weight is 363 g/mol. The SMILES string of the molecule is COC(=O)C1C2CC[C@H](C[C@@H]1OC(=O)Nc1ccc([N+](=O)[O-])cc1)N2C. The number of nitrogens with zero attached hydrogens (tertiary/aromatic N) is 2. The summed E-state index contributed by atoms with van der Waals surface area (Å²) in [5.41, 5.74) is 0.313. The van der Waals surface area contributed by atoms with Crippen molar-refractivity contribution < 1.29 is 24.0 Å². The molecule has 2 unspecified atom stereocenters. The fourth-order valence-electron chi connectivity index (χ4n) is 3.94. The van der Waals surface area contributed by atoms with Crippen LogP contribution in [0.1, 0.15) is 19.3 Å². The first-order valence-electron chi connectivity index (χ1n) is 8.42. The molecular formula is C17H21N3O6. The van der Waals surface area contributed by atoms with E-state index in [9.17, 15) is 19.7 Å². The van der Waals surface area contributed by atoms with Gasteiger partial charge >= 0.3 is 12.1 Å². The number of methoxy groups -OCH3 is 1. The van der Waals surface area contributed by atoms with Crippen LogP contribution in [0.15, 0.2) is 24.3 Å². The van der Waals surface area contributed by atoms with Gasteiger partial charge in [0.05, 0.1) is 12.0 Å². The Kier molecular flexibility index (Phi) is 5.08. The van der Waals surface area contributed by atoms with Gasteiger partial charge in [-0.05, 0) is 32.0 Å². The molecule has 140 valence electrons. The van der Waals surface area contributed by atoms with Gasteiger partial charge in [-0.2, -0.15) is 0 Å². The van der Waals surface area contributed by atoms with Crippen LogP contribution in [-0.4, -0.2) is 54.2 Å². The Morgan fingerprint density at radius 3 is 2.58 bits per heavy atom. The summed E-state index contributed by atoms with van der Waals surface area (Å²) < 4.78 is 10.4. The molecule has 2 heterocycles. The highest BCUT2D eigenvalue weighted by Crippen LogP contribution is 2.40. The summed E-state index contributed by atoms with van der Waals surface area (Å²) in [5, 5.41) is 13.2. The molecule has 0 aliphatic carbocycles. The van der Waals surface area contributed by atoms with Gasteiger partial charge in [0.15, 0.2) is 0 Å². The van der Waals surface area contributed by atoms with Gasteiger partial charge in [0, 0.05) is 36.3 Å². The van der Waals surface area contributed by atoms with Crippen molar-refractivity contribution >= 4 is 23.4 Å². The van der Waals surface area contributed by atoms with Crippen molar-refractivity contribution in [2.75, 3.05) is 19.5 Å². The minimum Gasteiger partial charge on any atom is -0.469 e. The van der Waals surface area contributed by atoms with E-state index >= 15 is 0 Å². The molecule has 2 aliphatic heterocycles. The molecule has 1 N–H and O–H groups in total. The second-order valence-electron chi connectivity index (χ2n) is 6.62. The summed E-state index contributed by atoms with van der Waals surface area (Å²) in [5.74, 6) is -0.901. The summed E-state index contributed by atoms with van der Waals surface area (Å²) >= 11 is 0. The van der Waals surface area contributed by atoms with E-state index in [1.165, 1.54) is 31.4 Å². The second-order valence-corrected chi connectivity index (χ2v) is 6.62. The lowest BCUT2D eigenvalue weighted by Crippen LogP contribution is -2.53. The van der Waals surface area contributed by atoms with Gasteiger partial charge in [0.1, 0.15) is 12.0 Å². The minimum atomic E-state index is -0.693. The summed E-state index contributed by atoms with van der Waals surface area (Å²) in [6.45, 7) is 0. The fourth-order valence-corrected chi connectivity index (χ4v) is 3.94. The standard InChI is InChI=1S/C17H21N3O6/c1-19-12-7-8-13(19)15(16(21)25-2)14(9-12)26-17(22)18-10-3-5-11(6-4-10)20(23)24/h3-6,12-15H,7-9H2,1-2H3,(H,18,22)/t12-,13?,14+,15?/m1/s1. The average Bonchev–Trinajstić information content (AvgIpc) is 2.85. The van der Waals surface area contributed by atoms with Crippen LogP contribution in [0.4, 0.5) is 16.2 Å². The molecule has 1 aromatic rings. The molecule has 2 fully saturated rings. The summed E-state index contributed by atoms with van der Waals surface area (Å²) in [6.07, 6.45) is 1.14. The first-order chi connectivity index (χ1) is 12.4. The van der Waals surface area contributed by atoms with Gasteiger partial charge in [-0.15, -0.1) is 0 Å². The van der Waals surface area contributed by atoms with Crippen LogP contribution in [0.3, 0.4) is 0 Å². The van der Waals surface area contributed by atoms with E-state index in [1.807, 2.05) is 7.05 Å². The maximum absolute atomic E-state index is 12.2. The molecule has 0 saturated carbocycles. The smallest absolute Gasteiger partial charge is 0.411 e. The number of esters is 1. The highest BCUT2D eigenvalue weighted by atomic mass is 16.6. The molecule has 4 atom stereocenters. The van der Waals surface area contributed by atoms with E-state index in [4.69, 9.17) is 9.47 Å². The summed E-state index contributed by atoms with van der Waals surface area (Å²) in [6, 6.07) is 5.72. The van der Waals surface area contributed by atoms with E-state index in [1.54, 1.807) is 0 Å². The molecule has 0 radical (unpaired) electrons. The lowest BCUT2D eigenvalue weighted by Gasteiger charge is -2.40. The van der Waals surface area contributed by atoms with Crippen molar-refractivity contribution in [3.8, 4) is 0 Å². The molecular weight excluding hydrogens is 342 g/mol. The Labute approximate surface area is 150 Å². The van der Waals surface area contributed by atoms with Crippen molar-refractivity contribution in [1.29, 1.82) is 0 Å². The molecule has 3 rings (SSSR count). The number of fused-ring (bicyclic) bond motifs is 2. The third kappa shape index (κ3) is 3.48. The Morgan fingerprint density at radius 1 is 1.27 bits per heavy atom. The number of anilines is 1. The second kappa shape index (κ2) is 7.28. The minimum absolute atomic E-state index is 0.00150. The van der Waals surface area contributed by atoms with Gasteiger partial charge in [-0.1, -0.05) is 0 Å². The zero-order valence-corrected chi connectivity index (χ0v) is 14.6. The Bertz CT molecular complexity index is 707. The number of non-ortho nitro benzene ring substituents is 1. The maximum atomic E-state index is 12.2. The molecule has 9 nitrogen and oxygen atoms in total. The molecule has 2 aliphatic rings. The number of ether oxygens (including phenoxy) is 2. The van der Waals surface area contributed by atoms with Gasteiger partial charge in [-0.25, -0.2) is 4.79 Å². The molecule has 9 heteroatoms.